The van der Waals surface area contributed by atoms with Gasteiger partial charge in [0.1, 0.15) is 0 Å². The third-order valence-corrected chi connectivity index (χ3v) is 2.02. The second kappa shape index (κ2) is 4.43. The van der Waals surface area contributed by atoms with E-state index < -0.39 is 0 Å². The van der Waals surface area contributed by atoms with Gasteiger partial charge < -0.3 is 10.4 Å². The minimum absolute atomic E-state index is 0.150. The van der Waals surface area contributed by atoms with Crippen LogP contribution >= 0.6 is 11.3 Å². The van der Waals surface area contributed by atoms with Crippen molar-refractivity contribution in [3.8, 4) is 0 Å². The van der Waals surface area contributed by atoms with Crippen molar-refractivity contribution in [3.63, 3.8) is 0 Å². The van der Waals surface area contributed by atoms with Crippen molar-refractivity contribution in [2.24, 2.45) is 0 Å². The fraction of sp³-hybridized carbons (Fsp3) is 0.571. The summed E-state index contributed by atoms with van der Waals surface area (Å²) in [6.45, 7) is 2.85. The van der Waals surface area contributed by atoms with E-state index >= 15 is 0 Å². The normalized spacial score (nSPS) is 13.3. The molecule has 0 saturated heterocycles. The summed E-state index contributed by atoms with van der Waals surface area (Å²) in [4.78, 5) is 4.10. The molecule has 1 aromatic rings. The molecule has 62 valence electrons. The molecule has 1 aromatic heterocycles. The molecule has 0 amide bonds. The lowest BCUT2D eigenvalue weighted by Gasteiger charge is -2.07. The summed E-state index contributed by atoms with van der Waals surface area (Å²) in [7, 11) is 0. The molecule has 1 rings (SSSR count). The van der Waals surface area contributed by atoms with Gasteiger partial charge in [-0.25, -0.2) is 4.98 Å². The van der Waals surface area contributed by atoms with Crippen molar-refractivity contribution in [1.82, 2.24) is 10.3 Å². The zero-order chi connectivity index (χ0) is 8.10. The van der Waals surface area contributed by atoms with E-state index in [2.05, 4.69) is 10.3 Å². The maximum absolute atomic E-state index is 8.68. The highest BCUT2D eigenvalue weighted by Crippen LogP contribution is 1.99. The molecule has 0 spiro atoms. The fourth-order valence-electron chi connectivity index (χ4n) is 0.668. The number of aliphatic hydroxyl groups is 1. The van der Waals surface area contributed by atoms with E-state index in [0.29, 0.717) is 0 Å². The molecule has 0 unspecified atom stereocenters. The van der Waals surface area contributed by atoms with Crippen LogP contribution in [0, 0.1) is 0 Å². The lowest BCUT2D eigenvalue weighted by atomic mass is 10.3. The number of nitrogens with zero attached hydrogens (tertiary/aromatic N) is 1. The standard InChI is InChI=1S/C7H12N2OS/c1-6(3-10)8-2-7-4-11-5-9-7/h4-6,8,10H,2-3H2,1H3/t6-/m0/s1. The van der Waals surface area contributed by atoms with Crippen LogP contribution in [0.5, 0.6) is 0 Å². The SMILES string of the molecule is C[C@@H](CO)NCc1cscn1. The first-order chi connectivity index (χ1) is 5.33. The van der Waals surface area contributed by atoms with E-state index in [1.807, 2.05) is 12.3 Å². The molecule has 0 radical (unpaired) electrons. The Morgan fingerprint density at radius 3 is 3.18 bits per heavy atom. The highest BCUT2D eigenvalue weighted by molar-refractivity contribution is 7.07. The van der Waals surface area contributed by atoms with E-state index in [9.17, 15) is 0 Å². The quantitative estimate of drug-likeness (QED) is 0.699. The van der Waals surface area contributed by atoms with E-state index in [1.54, 1.807) is 16.8 Å². The Kier molecular flexibility index (Phi) is 3.48. The number of aromatic nitrogens is 1. The molecule has 0 aromatic carbocycles. The van der Waals surface area contributed by atoms with Gasteiger partial charge in [0.05, 0.1) is 17.8 Å². The van der Waals surface area contributed by atoms with Crippen molar-refractivity contribution >= 4 is 11.3 Å². The van der Waals surface area contributed by atoms with Crippen LogP contribution in [0.4, 0.5) is 0 Å². The Morgan fingerprint density at radius 2 is 2.64 bits per heavy atom. The van der Waals surface area contributed by atoms with Crippen molar-refractivity contribution < 1.29 is 5.11 Å². The number of hydrogen-bond acceptors (Lipinski definition) is 4. The topological polar surface area (TPSA) is 45.1 Å². The van der Waals surface area contributed by atoms with Crippen LogP contribution in [0.15, 0.2) is 10.9 Å². The van der Waals surface area contributed by atoms with Gasteiger partial charge in [-0.05, 0) is 6.92 Å². The number of thiazole rings is 1. The van der Waals surface area contributed by atoms with Crippen LogP contribution in [0.3, 0.4) is 0 Å². The Bertz CT molecular complexity index is 188. The second-order valence-electron chi connectivity index (χ2n) is 2.44. The average Bonchev–Trinajstić information content (AvgIpc) is 2.52. The zero-order valence-corrected chi connectivity index (χ0v) is 7.27. The molecule has 0 aliphatic carbocycles. The molecule has 2 N–H and O–H groups in total. The fourth-order valence-corrected chi connectivity index (χ4v) is 1.23. The summed E-state index contributed by atoms with van der Waals surface area (Å²) in [6, 6.07) is 0.150. The van der Waals surface area contributed by atoms with Gasteiger partial charge in [0.2, 0.25) is 0 Å². The molecule has 11 heavy (non-hydrogen) atoms. The van der Waals surface area contributed by atoms with E-state index in [1.165, 1.54) is 0 Å². The van der Waals surface area contributed by atoms with Gasteiger partial charge in [-0.2, -0.15) is 0 Å². The third kappa shape index (κ3) is 2.96. The molecule has 0 aliphatic rings. The van der Waals surface area contributed by atoms with Gasteiger partial charge in [-0.15, -0.1) is 11.3 Å². The summed E-state index contributed by atoms with van der Waals surface area (Å²) >= 11 is 1.59. The zero-order valence-electron chi connectivity index (χ0n) is 6.45. The van der Waals surface area contributed by atoms with Gasteiger partial charge in [0.15, 0.2) is 0 Å². The Balaban J connectivity index is 2.23. The summed E-state index contributed by atoms with van der Waals surface area (Å²) in [5.41, 5.74) is 2.84. The molecular formula is C7H12N2OS. The lowest BCUT2D eigenvalue weighted by Crippen LogP contribution is -2.28. The van der Waals surface area contributed by atoms with Crippen molar-refractivity contribution in [1.29, 1.82) is 0 Å². The Labute approximate surface area is 70.1 Å². The van der Waals surface area contributed by atoms with Crippen molar-refractivity contribution in [2.75, 3.05) is 6.61 Å². The number of hydrogen-bond donors (Lipinski definition) is 2. The summed E-state index contributed by atoms with van der Waals surface area (Å²) in [5, 5.41) is 13.8. The largest absolute Gasteiger partial charge is 0.395 e. The molecule has 1 atom stereocenters. The third-order valence-electron chi connectivity index (χ3n) is 1.39. The highest BCUT2D eigenvalue weighted by Gasteiger charge is 1.99. The first-order valence-corrected chi connectivity index (χ1v) is 4.48. The summed E-state index contributed by atoms with van der Waals surface area (Å²) in [5.74, 6) is 0. The molecule has 0 bridgehead atoms. The first kappa shape index (κ1) is 8.64. The minimum atomic E-state index is 0.150. The first-order valence-electron chi connectivity index (χ1n) is 3.54. The molecular weight excluding hydrogens is 160 g/mol. The predicted octanol–water partition coefficient (Wildman–Crippen LogP) is 0.614. The lowest BCUT2D eigenvalue weighted by molar-refractivity contribution is 0.250. The van der Waals surface area contributed by atoms with Crippen LogP contribution in [0.2, 0.25) is 0 Å². The van der Waals surface area contributed by atoms with Gasteiger partial charge in [0.25, 0.3) is 0 Å². The van der Waals surface area contributed by atoms with Crippen LogP contribution in [0.1, 0.15) is 12.6 Å². The molecule has 3 nitrogen and oxygen atoms in total. The molecule has 4 heteroatoms. The van der Waals surface area contributed by atoms with Crippen LogP contribution in [0.25, 0.3) is 0 Å². The maximum Gasteiger partial charge on any atom is 0.0795 e. The molecule has 0 saturated carbocycles. The second-order valence-corrected chi connectivity index (χ2v) is 3.16. The molecule has 0 fully saturated rings. The van der Waals surface area contributed by atoms with Gasteiger partial charge in [-0.1, -0.05) is 0 Å². The summed E-state index contributed by atoms with van der Waals surface area (Å²) < 4.78 is 0. The van der Waals surface area contributed by atoms with Crippen LogP contribution < -0.4 is 5.32 Å². The van der Waals surface area contributed by atoms with Gasteiger partial charge >= 0.3 is 0 Å². The highest BCUT2D eigenvalue weighted by atomic mass is 32.1. The minimum Gasteiger partial charge on any atom is -0.395 e. The predicted molar refractivity (Wildman–Crippen MR) is 45.5 cm³/mol. The van der Waals surface area contributed by atoms with Gasteiger partial charge in [0, 0.05) is 18.0 Å². The van der Waals surface area contributed by atoms with E-state index in [-0.39, 0.29) is 12.6 Å². The van der Waals surface area contributed by atoms with E-state index in [0.717, 1.165) is 12.2 Å². The van der Waals surface area contributed by atoms with E-state index in [4.69, 9.17) is 5.11 Å². The Morgan fingerprint density at radius 1 is 1.82 bits per heavy atom. The maximum atomic E-state index is 8.68. The van der Waals surface area contributed by atoms with Crippen molar-refractivity contribution in [3.05, 3.63) is 16.6 Å². The van der Waals surface area contributed by atoms with Crippen LogP contribution in [-0.4, -0.2) is 22.7 Å². The number of nitrogens with one attached hydrogen (secondary N) is 1. The van der Waals surface area contributed by atoms with Crippen LogP contribution in [-0.2, 0) is 6.54 Å². The molecule has 0 aliphatic heterocycles. The summed E-state index contributed by atoms with van der Waals surface area (Å²) in [6.07, 6.45) is 0. The smallest absolute Gasteiger partial charge is 0.0795 e. The monoisotopic (exact) mass is 172 g/mol. The Hall–Kier alpha value is -0.450. The average molecular weight is 172 g/mol. The van der Waals surface area contributed by atoms with Crippen molar-refractivity contribution in [2.45, 2.75) is 19.5 Å². The number of aliphatic hydroxyl groups excluding tert-OH is 1. The number of rotatable bonds is 4. The van der Waals surface area contributed by atoms with Gasteiger partial charge in [-0.3, -0.25) is 0 Å². The molecule has 1 heterocycles.